The lowest BCUT2D eigenvalue weighted by Crippen LogP contribution is -2.45. The predicted molar refractivity (Wildman–Crippen MR) is 85.6 cm³/mol. The number of carboxylic acids is 1. The highest BCUT2D eigenvalue weighted by Gasteiger charge is 2.30. The average molecular weight is 331 g/mol. The van der Waals surface area contributed by atoms with Gasteiger partial charge in [0.25, 0.3) is 5.91 Å². The zero-order valence-corrected chi connectivity index (χ0v) is 13.4. The molecule has 128 valence electrons. The van der Waals surface area contributed by atoms with Crippen LogP contribution in [0.5, 0.6) is 0 Å². The fraction of sp³-hybridized carbons (Fsp3) is 0.529. The second kappa shape index (κ2) is 6.98. The van der Waals surface area contributed by atoms with E-state index in [1.165, 1.54) is 31.2 Å². The summed E-state index contributed by atoms with van der Waals surface area (Å²) in [6.45, 7) is 1.69. The Morgan fingerprint density at radius 1 is 1.29 bits per heavy atom. The molecule has 2 N–H and O–H groups in total. The van der Waals surface area contributed by atoms with Crippen LogP contribution < -0.4 is 5.32 Å². The molecule has 1 aromatic rings. The molecule has 7 nitrogen and oxygen atoms in total. The van der Waals surface area contributed by atoms with E-state index in [1.807, 2.05) is 0 Å². The SMILES string of the molecule is O=C(O)c1cc(C(=O)N2CCCC(C(=O)NCC3CC3)C2)ccn1. The van der Waals surface area contributed by atoms with Crippen LogP contribution >= 0.6 is 0 Å². The number of hydrogen-bond acceptors (Lipinski definition) is 4. The molecule has 1 unspecified atom stereocenters. The van der Waals surface area contributed by atoms with Gasteiger partial charge in [0.05, 0.1) is 5.92 Å². The van der Waals surface area contributed by atoms with Gasteiger partial charge in [-0.25, -0.2) is 9.78 Å². The Hall–Kier alpha value is -2.44. The highest BCUT2D eigenvalue weighted by Crippen LogP contribution is 2.28. The Labute approximate surface area is 140 Å². The summed E-state index contributed by atoms with van der Waals surface area (Å²) in [6, 6.07) is 2.78. The van der Waals surface area contributed by atoms with Gasteiger partial charge in [0.15, 0.2) is 0 Å². The summed E-state index contributed by atoms with van der Waals surface area (Å²) in [5.41, 5.74) is 0.137. The van der Waals surface area contributed by atoms with Gasteiger partial charge < -0.3 is 15.3 Å². The van der Waals surface area contributed by atoms with E-state index in [0.717, 1.165) is 19.4 Å². The van der Waals surface area contributed by atoms with Crippen LogP contribution in [0, 0.1) is 11.8 Å². The predicted octanol–water partition coefficient (Wildman–Crippen LogP) is 1.16. The van der Waals surface area contributed by atoms with Crippen molar-refractivity contribution < 1.29 is 19.5 Å². The van der Waals surface area contributed by atoms with Gasteiger partial charge in [-0.1, -0.05) is 0 Å². The molecule has 1 aliphatic carbocycles. The van der Waals surface area contributed by atoms with Gasteiger partial charge in [-0.3, -0.25) is 9.59 Å². The van der Waals surface area contributed by atoms with Crippen molar-refractivity contribution in [2.24, 2.45) is 11.8 Å². The fourth-order valence-electron chi connectivity index (χ4n) is 2.95. The second-order valence-corrected chi connectivity index (χ2v) is 6.51. The Balaban J connectivity index is 1.62. The number of nitrogens with one attached hydrogen (secondary N) is 1. The molecule has 1 aliphatic heterocycles. The Morgan fingerprint density at radius 3 is 2.79 bits per heavy atom. The topological polar surface area (TPSA) is 99.6 Å². The number of aromatic nitrogens is 1. The summed E-state index contributed by atoms with van der Waals surface area (Å²) in [4.78, 5) is 41.2. The molecule has 1 saturated heterocycles. The summed E-state index contributed by atoms with van der Waals surface area (Å²) < 4.78 is 0. The number of carbonyl (C=O) groups excluding carboxylic acids is 2. The minimum atomic E-state index is -1.17. The first kappa shape index (κ1) is 16.4. The summed E-state index contributed by atoms with van der Waals surface area (Å²) in [6.07, 6.45) is 5.23. The van der Waals surface area contributed by atoms with Gasteiger partial charge in [-0.05, 0) is 43.7 Å². The Morgan fingerprint density at radius 2 is 2.08 bits per heavy atom. The lowest BCUT2D eigenvalue weighted by molar-refractivity contribution is -0.126. The molecule has 1 aromatic heterocycles. The van der Waals surface area contributed by atoms with Gasteiger partial charge in [0.2, 0.25) is 5.91 Å². The maximum atomic E-state index is 12.6. The van der Waals surface area contributed by atoms with Crippen LogP contribution in [0.4, 0.5) is 0 Å². The number of amides is 2. The minimum absolute atomic E-state index is 0.0142. The first-order valence-corrected chi connectivity index (χ1v) is 8.31. The van der Waals surface area contributed by atoms with Gasteiger partial charge in [0.1, 0.15) is 5.69 Å². The van der Waals surface area contributed by atoms with E-state index in [4.69, 9.17) is 5.11 Å². The van der Waals surface area contributed by atoms with E-state index < -0.39 is 5.97 Å². The van der Waals surface area contributed by atoms with Crippen LogP contribution in [0.1, 0.15) is 46.5 Å². The van der Waals surface area contributed by atoms with Crippen LogP contribution in [0.2, 0.25) is 0 Å². The molecule has 7 heteroatoms. The van der Waals surface area contributed by atoms with E-state index >= 15 is 0 Å². The average Bonchev–Trinajstić information content (AvgIpc) is 3.43. The number of carbonyl (C=O) groups is 3. The van der Waals surface area contributed by atoms with Crippen LogP contribution in [0.15, 0.2) is 18.3 Å². The van der Waals surface area contributed by atoms with Crippen LogP contribution in [-0.4, -0.2) is 52.4 Å². The van der Waals surface area contributed by atoms with Crippen molar-refractivity contribution >= 4 is 17.8 Å². The first-order chi connectivity index (χ1) is 11.5. The quantitative estimate of drug-likeness (QED) is 0.843. The Bertz CT molecular complexity index is 657. The molecular formula is C17H21N3O4. The summed E-state index contributed by atoms with van der Waals surface area (Å²) >= 11 is 0. The van der Waals surface area contributed by atoms with Gasteiger partial charge >= 0.3 is 5.97 Å². The van der Waals surface area contributed by atoms with Crippen LogP contribution in [0.3, 0.4) is 0 Å². The summed E-state index contributed by atoms with van der Waals surface area (Å²) in [7, 11) is 0. The summed E-state index contributed by atoms with van der Waals surface area (Å²) in [5, 5.41) is 12.0. The maximum Gasteiger partial charge on any atom is 0.354 e. The van der Waals surface area contributed by atoms with Crippen molar-refractivity contribution in [1.29, 1.82) is 0 Å². The van der Waals surface area contributed by atoms with Crippen molar-refractivity contribution in [3.05, 3.63) is 29.6 Å². The van der Waals surface area contributed by atoms with E-state index in [1.54, 1.807) is 4.90 Å². The Kier molecular flexibility index (Phi) is 4.78. The maximum absolute atomic E-state index is 12.6. The van der Waals surface area contributed by atoms with Crippen LogP contribution in [-0.2, 0) is 4.79 Å². The monoisotopic (exact) mass is 331 g/mol. The number of rotatable bonds is 5. The normalized spacial score (nSPS) is 20.5. The first-order valence-electron chi connectivity index (χ1n) is 8.31. The summed E-state index contributed by atoms with van der Waals surface area (Å²) in [5.74, 6) is -0.968. The number of nitrogens with zero attached hydrogens (tertiary/aromatic N) is 2. The zero-order valence-electron chi connectivity index (χ0n) is 13.4. The molecular weight excluding hydrogens is 310 g/mol. The molecule has 24 heavy (non-hydrogen) atoms. The highest BCUT2D eigenvalue weighted by atomic mass is 16.4. The van der Waals surface area contributed by atoms with E-state index in [9.17, 15) is 14.4 Å². The van der Waals surface area contributed by atoms with E-state index in [2.05, 4.69) is 10.3 Å². The van der Waals surface area contributed by atoms with E-state index in [-0.39, 0.29) is 23.4 Å². The van der Waals surface area contributed by atoms with Crippen molar-refractivity contribution in [3.8, 4) is 0 Å². The minimum Gasteiger partial charge on any atom is -0.477 e. The molecule has 0 bridgehead atoms. The second-order valence-electron chi connectivity index (χ2n) is 6.51. The smallest absolute Gasteiger partial charge is 0.354 e. The van der Waals surface area contributed by atoms with Crippen molar-refractivity contribution in [2.75, 3.05) is 19.6 Å². The lowest BCUT2D eigenvalue weighted by Gasteiger charge is -2.32. The third kappa shape index (κ3) is 3.90. The molecule has 0 radical (unpaired) electrons. The molecule has 1 saturated carbocycles. The van der Waals surface area contributed by atoms with Gasteiger partial charge in [0, 0.05) is 31.4 Å². The third-order valence-corrected chi connectivity index (χ3v) is 4.57. The number of piperidine rings is 1. The number of pyridine rings is 1. The van der Waals surface area contributed by atoms with E-state index in [0.29, 0.717) is 24.6 Å². The highest BCUT2D eigenvalue weighted by molar-refractivity contribution is 5.97. The zero-order chi connectivity index (χ0) is 17.1. The molecule has 2 amide bonds. The van der Waals surface area contributed by atoms with Crippen LogP contribution in [0.25, 0.3) is 0 Å². The molecule has 2 aliphatic rings. The molecule has 2 fully saturated rings. The molecule has 3 rings (SSSR count). The van der Waals surface area contributed by atoms with Gasteiger partial charge in [-0.2, -0.15) is 0 Å². The number of carboxylic acid groups (broad SMARTS) is 1. The standard InChI is InChI=1S/C17H21N3O4/c21-15(19-9-11-3-4-11)13-2-1-7-20(10-13)16(22)12-5-6-18-14(8-12)17(23)24/h5-6,8,11,13H,1-4,7,9-10H2,(H,19,21)(H,23,24). The molecule has 0 spiro atoms. The number of aromatic carboxylic acids is 1. The molecule has 0 aromatic carbocycles. The van der Waals surface area contributed by atoms with Gasteiger partial charge in [-0.15, -0.1) is 0 Å². The molecule has 1 atom stereocenters. The van der Waals surface area contributed by atoms with Crippen molar-refractivity contribution in [2.45, 2.75) is 25.7 Å². The van der Waals surface area contributed by atoms with Crippen molar-refractivity contribution in [3.63, 3.8) is 0 Å². The number of likely N-dealkylation sites (tertiary alicyclic amines) is 1. The third-order valence-electron chi connectivity index (χ3n) is 4.57. The fourth-order valence-corrected chi connectivity index (χ4v) is 2.95. The largest absolute Gasteiger partial charge is 0.477 e. The number of hydrogen-bond donors (Lipinski definition) is 2. The van der Waals surface area contributed by atoms with Crippen molar-refractivity contribution in [1.82, 2.24) is 15.2 Å². The lowest BCUT2D eigenvalue weighted by atomic mass is 9.96. The molecule has 2 heterocycles.